The van der Waals surface area contributed by atoms with Crippen LogP contribution in [0, 0.1) is 0 Å². The minimum absolute atomic E-state index is 0.232. The van der Waals surface area contributed by atoms with Gasteiger partial charge in [0.05, 0.1) is 0 Å². The van der Waals surface area contributed by atoms with E-state index in [0.717, 1.165) is 19.3 Å². The lowest BCUT2D eigenvalue weighted by molar-refractivity contribution is 0.0681. The van der Waals surface area contributed by atoms with Gasteiger partial charge in [-0.05, 0) is 33.7 Å². The smallest absolute Gasteiger partial charge is 0.0389 e. The molecule has 0 heterocycles. The van der Waals surface area contributed by atoms with Crippen molar-refractivity contribution in [2.24, 2.45) is 0 Å². The monoisotopic (exact) mass is 189 g/mol. The first-order valence-electron chi connectivity index (χ1n) is 4.89. The summed E-state index contributed by atoms with van der Waals surface area (Å²) in [5.41, 5.74) is 8.20. The fraction of sp³-hybridized carbons (Fsp3) is 1.00. The molecule has 0 aliphatic rings. The van der Waals surface area contributed by atoms with E-state index in [4.69, 9.17) is 5.21 Å². The first-order valence-corrected chi connectivity index (χ1v) is 4.89. The third kappa shape index (κ3) is 5.99. The Morgan fingerprint density at radius 1 is 1.38 bits per heavy atom. The Bertz CT molecular complexity index is 122. The number of nitrogens with one attached hydrogen (secondary N) is 3. The van der Waals surface area contributed by atoms with Crippen LogP contribution < -0.4 is 16.3 Å². The summed E-state index contributed by atoms with van der Waals surface area (Å²) in [6.45, 7) is 6.11. The van der Waals surface area contributed by atoms with Gasteiger partial charge < -0.3 is 5.21 Å². The van der Waals surface area contributed by atoms with Crippen molar-refractivity contribution in [1.82, 2.24) is 16.3 Å². The van der Waals surface area contributed by atoms with Crippen LogP contribution in [-0.2, 0) is 0 Å². The Morgan fingerprint density at radius 2 is 2.00 bits per heavy atom. The summed E-state index contributed by atoms with van der Waals surface area (Å²) in [4.78, 5) is 0. The first kappa shape index (κ1) is 12.8. The maximum Gasteiger partial charge on any atom is 0.0389 e. The quantitative estimate of drug-likeness (QED) is 0.452. The predicted octanol–water partition coefficient (Wildman–Crippen LogP) is 1.03. The van der Waals surface area contributed by atoms with Crippen LogP contribution in [0.1, 0.15) is 40.0 Å². The van der Waals surface area contributed by atoms with Gasteiger partial charge >= 0.3 is 0 Å². The summed E-state index contributed by atoms with van der Waals surface area (Å²) in [5.74, 6) is 0. The molecule has 4 N–H and O–H groups in total. The van der Waals surface area contributed by atoms with Crippen LogP contribution in [-0.4, -0.2) is 23.8 Å². The average molecular weight is 189 g/mol. The molecule has 80 valence electrons. The van der Waals surface area contributed by atoms with Crippen LogP contribution in [0.4, 0.5) is 0 Å². The summed E-state index contributed by atoms with van der Waals surface area (Å²) >= 11 is 0. The molecule has 0 spiro atoms. The number of hydrogen-bond donors (Lipinski definition) is 4. The van der Waals surface area contributed by atoms with Crippen molar-refractivity contribution >= 4 is 0 Å². The molecule has 1 atom stereocenters. The SMILES string of the molecule is CCCC(CC(C)(C)NO)NNC. The van der Waals surface area contributed by atoms with Crippen LogP contribution >= 0.6 is 0 Å². The van der Waals surface area contributed by atoms with Crippen LogP contribution in [0.2, 0.25) is 0 Å². The van der Waals surface area contributed by atoms with Gasteiger partial charge in [-0.2, -0.15) is 5.48 Å². The standard InChI is InChI=1S/C9H23N3O/c1-5-6-8(11-10-4)7-9(2,3)12-13/h8,10-13H,5-7H2,1-4H3. The molecule has 0 saturated carbocycles. The first-order chi connectivity index (χ1) is 6.05. The largest absolute Gasteiger partial charge is 0.316 e. The molecule has 0 fully saturated rings. The van der Waals surface area contributed by atoms with Gasteiger partial charge in [-0.25, -0.2) is 0 Å². The molecule has 13 heavy (non-hydrogen) atoms. The van der Waals surface area contributed by atoms with E-state index in [2.05, 4.69) is 23.3 Å². The van der Waals surface area contributed by atoms with Crippen molar-refractivity contribution in [3.63, 3.8) is 0 Å². The zero-order chi connectivity index (χ0) is 10.3. The van der Waals surface area contributed by atoms with Crippen molar-refractivity contribution in [2.45, 2.75) is 51.6 Å². The van der Waals surface area contributed by atoms with E-state index in [-0.39, 0.29) is 5.54 Å². The van der Waals surface area contributed by atoms with Crippen LogP contribution in [0.3, 0.4) is 0 Å². The molecular weight excluding hydrogens is 166 g/mol. The second-order valence-electron chi connectivity index (χ2n) is 4.08. The molecule has 0 rings (SSSR count). The zero-order valence-electron chi connectivity index (χ0n) is 9.15. The van der Waals surface area contributed by atoms with Gasteiger partial charge in [0.2, 0.25) is 0 Å². The van der Waals surface area contributed by atoms with Gasteiger partial charge in [0.1, 0.15) is 0 Å². The van der Waals surface area contributed by atoms with Crippen molar-refractivity contribution < 1.29 is 5.21 Å². The van der Waals surface area contributed by atoms with Gasteiger partial charge in [0.25, 0.3) is 0 Å². The predicted molar refractivity (Wildman–Crippen MR) is 54.5 cm³/mol. The van der Waals surface area contributed by atoms with E-state index in [9.17, 15) is 0 Å². The van der Waals surface area contributed by atoms with Crippen molar-refractivity contribution in [3.05, 3.63) is 0 Å². The third-order valence-electron chi connectivity index (χ3n) is 2.04. The average Bonchev–Trinajstić information content (AvgIpc) is 2.05. The lowest BCUT2D eigenvalue weighted by atomic mass is 9.94. The Labute approximate surface area is 81.0 Å². The molecule has 4 heteroatoms. The minimum atomic E-state index is -0.232. The number of hydrogen-bond acceptors (Lipinski definition) is 4. The fourth-order valence-electron chi connectivity index (χ4n) is 1.44. The lowest BCUT2D eigenvalue weighted by Crippen LogP contribution is -2.47. The Hall–Kier alpha value is -0.160. The zero-order valence-corrected chi connectivity index (χ0v) is 9.15. The molecule has 0 bridgehead atoms. The van der Waals surface area contributed by atoms with E-state index in [0.29, 0.717) is 6.04 Å². The van der Waals surface area contributed by atoms with Gasteiger partial charge in [0, 0.05) is 11.6 Å². The second-order valence-corrected chi connectivity index (χ2v) is 4.08. The maximum atomic E-state index is 8.88. The molecule has 1 unspecified atom stereocenters. The maximum absolute atomic E-state index is 8.88. The molecule has 0 aromatic heterocycles. The molecule has 4 nitrogen and oxygen atoms in total. The summed E-state index contributed by atoms with van der Waals surface area (Å²) in [6, 6.07) is 0.393. The number of hydrazine groups is 1. The van der Waals surface area contributed by atoms with Gasteiger partial charge in [-0.1, -0.05) is 13.3 Å². The summed E-state index contributed by atoms with van der Waals surface area (Å²) in [7, 11) is 1.86. The molecule has 0 radical (unpaired) electrons. The normalized spacial score (nSPS) is 14.5. The third-order valence-corrected chi connectivity index (χ3v) is 2.04. The molecule has 0 aliphatic heterocycles. The highest BCUT2D eigenvalue weighted by Crippen LogP contribution is 2.13. The minimum Gasteiger partial charge on any atom is -0.316 e. The van der Waals surface area contributed by atoms with E-state index >= 15 is 0 Å². The molecular formula is C9H23N3O. The van der Waals surface area contributed by atoms with Crippen LogP contribution in [0.25, 0.3) is 0 Å². The van der Waals surface area contributed by atoms with Crippen LogP contribution in [0.5, 0.6) is 0 Å². The van der Waals surface area contributed by atoms with E-state index < -0.39 is 0 Å². The Morgan fingerprint density at radius 3 is 2.38 bits per heavy atom. The molecule has 0 aliphatic carbocycles. The van der Waals surface area contributed by atoms with E-state index in [1.165, 1.54) is 0 Å². The van der Waals surface area contributed by atoms with Crippen LogP contribution in [0.15, 0.2) is 0 Å². The molecule has 0 saturated heterocycles. The lowest BCUT2D eigenvalue weighted by Gasteiger charge is -2.28. The highest BCUT2D eigenvalue weighted by Gasteiger charge is 2.21. The molecule has 0 amide bonds. The summed E-state index contributed by atoms with van der Waals surface area (Å²) < 4.78 is 0. The van der Waals surface area contributed by atoms with Gasteiger partial charge in [-0.3, -0.25) is 10.9 Å². The van der Waals surface area contributed by atoms with E-state index in [1.54, 1.807) is 0 Å². The summed E-state index contributed by atoms with van der Waals surface area (Å²) in [6.07, 6.45) is 3.13. The Kier molecular flexibility index (Phi) is 6.24. The molecule has 0 aromatic rings. The fourth-order valence-corrected chi connectivity index (χ4v) is 1.44. The van der Waals surface area contributed by atoms with Crippen molar-refractivity contribution in [2.75, 3.05) is 7.05 Å². The Balaban J connectivity index is 3.92. The highest BCUT2D eigenvalue weighted by molar-refractivity contribution is 4.80. The number of rotatable bonds is 7. The van der Waals surface area contributed by atoms with Gasteiger partial charge in [0.15, 0.2) is 0 Å². The topological polar surface area (TPSA) is 56.3 Å². The number of hydroxylamine groups is 1. The van der Waals surface area contributed by atoms with Gasteiger partial charge in [-0.15, -0.1) is 0 Å². The van der Waals surface area contributed by atoms with Crippen molar-refractivity contribution in [1.29, 1.82) is 0 Å². The molecule has 0 aromatic carbocycles. The van der Waals surface area contributed by atoms with Crippen molar-refractivity contribution in [3.8, 4) is 0 Å². The highest BCUT2D eigenvalue weighted by atomic mass is 16.5. The summed E-state index contributed by atoms with van der Waals surface area (Å²) in [5, 5.41) is 8.88. The van der Waals surface area contributed by atoms with E-state index in [1.807, 2.05) is 20.9 Å². The second kappa shape index (κ2) is 6.32.